The summed E-state index contributed by atoms with van der Waals surface area (Å²) in [4.78, 5) is 13.5. The molecule has 0 aromatic heterocycles. The minimum atomic E-state index is -4.58. The Balaban J connectivity index is 1.96. The molecule has 1 N–H and O–H groups in total. The van der Waals surface area contributed by atoms with Crippen LogP contribution in [0.1, 0.15) is 45.1 Å². The zero-order valence-electron chi connectivity index (χ0n) is 16.1. The van der Waals surface area contributed by atoms with Gasteiger partial charge in [0.2, 0.25) is 5.91 Å². The number of carbonyl (C=O) groups is 1. The quantitative estimate of drug-likeness (QED) is 0.735. The molecule has 0 bridgehead atoms. The van der Waals surface area contributed by atoms with E-state index in [9.17, 15) is 26.4 Å². The van der Waals surface area contributed by atoms with Crippen molar-refractivity contribution in [3.05, 3.63) is 29.8 Å². The fourth-order valence-corrected chi connectivity index (χ4v) is 5.38. The summed E-state index contributed by atoms with van der Waals surface area (Å²) in [7, 11) is -3.82. The van der Waals surface area contributed by atoms with E-state index >= 15 is 0 Å². The highest BCUT2D eigenvalue weighted by Gasteiger charge is 2.35. The molecule has 1 amide bonds. The van der Waals surface area contributed by atoms with Crippen LogP contribution in [0, 0.1) is 0 Å². The lowest BCUT2D eigenvalue weighted by Crippen LogP contribution is -2.43. The van der Waals surface area contributed by atoms with Crippen molar-refractivity contribution < 1.29 is 26.4 Å². The smallest absolute Gasteiger partial charge is 0.342 e. The zero-order chi connectivity index (χ0) is 20.9. The van der Waals surface area contributed by atoms with E-state index in [2.05, 4.69) is 5.32 Å². The normalized spacial score (nSPS) is 20.8. The molecule has 1 aliphatic carbocycles. The molecule has 2 rings (SSSR count). The van der Waals surface area contributed by atoms with Gasteiger partial charge in [-0.1, -0.05) is 6.07 Å². The Morgan fingerprint density at radius 2 is 1.75 bits per heavy atom. The van der Waals surface area contributed by atoms with Crippen LogP contribution in [0.3, 0.4) is 0 Å². The van der Waals surface area contributed by atoms with Crippen molar-refractivity contribution in [2.24, 2.45) is 0 Å². The standard InChI is InChI=1S/C19H27F3N2O3S/c1-3-24(4-2)18(25)13-23-15-8-10-16(11-9-15)28(26,27)17-7-5-6-14(12-17)19(20,21)22/h5-7,12,15-16,23H,3-4,8-11,13H2,1-2H3/t15-,16+. The van der Waals surface area contributed by atoms with Gasteiger partial charge in [0.1, 0.15) is 0 Å². The Morgan fingerprint density at radius 1 is 1.14 bits per heavy atom. The fraction of sp³-hybridized carbons (Fsp3) is 0.632. The van der Waals surface area contributed by atoms with Gasteiger partial charge >= 0.3 is 6.18 Å². The Hall–Kier alpha value is -1.61. The molecule has 0 saturated heterocycles. The Kier molecular flexibility index (Phi) is 7.50. The van der Waals surface area contributed by atoms with Gasteiger partial charge in [-0.25, -0.2) is 8.42 Å². The first-order valence-corrected chi connectivity index (χ1v) is 11.1. The molecule has 1 aromatic carbocycles. The lowest BCUT2D eigenvalue weighted by atomic mass is 9.95. The molecule has 0 unspecified atom stereocenters. The molecular formula is C19H27F3N2O3S. The summed E-state index contributed by atoms with van der Waals surface area (Å²) in [5.41, 5.74) is -0.959. The average Bonchev–Trinajstić information content (AvgIpc) is 2.67. The Labute approximate surface area is 164 Å². The third-order valence-electron chi connectivity index (χ3n) is 5.26. The van der Waals surface area contributed by atoms with E-state index < -0.39 is 26.8 Å². The third-order valence-corrected chi connectivity index (χ3v) is 7.52. The summed E-state index contributed by atoms with van der Waals surface area (Å²) >= 11 is 0. The maximum atomic E-state index is 12.9. The molecule has 9 heteroatoms. The molecule has 5 nitrogen and oxygen atoms in total. The van der Waals surface area contributed by atoms with E-state index in [0.29, 0.717) is 44.8 Å². The van der Waals surface area contributed by atoms with E-state index in [0.717, 1.165) is 12.1 Å². The number of hydrogen-bond donors (Lipinski definition) is 1. The maximum Gasteiger partial charge on any atom is 0.416 e. The molecule has 0 aliphatic heterocycles. The van der Waals surface area contributed by atoms with Gasteiger partial charge in [0.05, 0.1) is 22.3 Å². The number of likely N-dealkylation sites (N-methyl/N-ethyl adjacent to an activating group) is 1. The molecule has 1 aromatic rings. The molecule has 0 radical (unpaired) electrons. The lowest BCUT2D eigenvalue weighted by molar-refractivity contribution is -0.137. The zero-order valence-corrected chi connectivity index (χ0v) is 16.9. The number of nitrogens with zero attached hydrogens (tertiary/aromatic N) is 1. The highest BCUT2D eigenvalue weighted by molar-refractivity contribution is 7.92. The first-order valence-electron chi connectivity index (χ1n) is 9.51. The first-order chi connectivity index (χ1) is 13.1. The molecule has 0 atom stereocenters. The van der Waals surface area contributed by atoms with Crippen LogP contribution in [0.25, 0.3) is 0 Å². The summed E-state index contributed by atoms with van der Waals surface area (Å²) in [6, 6.07) is 3.96. The van der Waals surface area contributed by atoms with Crippen LogP contribution in [0.5, 0.6) is 0 Å². The monoisotopic (exact) mass is 420 g/mol. The van der Waals surface area contributed by atoms with Crippen molar-refractivity contribution in [1.82, 2.24) is 10.2 Å². The van der Waals surface area contributed by atoms with Gasteiger partial charge in [-0.3, -0.25) is 4.79 Å². The highest BCUT2D eigenvalue weighted by atomic mass is 32.2. The number of amides is 1. The number of carbonyl (C=O) groups excluding carboxylic acids is 1. The van der Waals surface area contributed by atoms with E-state index in [1.165, 1.54) is 6.07 Å². The summed E-state index contributed by atoms with van der Waals surface area (Å²) in [6.45, 7) is 5.30. The van der Waals surface area contributed by atoms with Gasteiger partial charge < -0.3 is 10.2 Å². The second kappa shape index (κ2) is 9.26. The van der Waals surface area contributed by atoms with Gasteiger partial charge in [-0.05, 0) is 57.7 Å². The number of hydrogen-bond acceptors (Lipinski definition) is 4. The minimum Gasteiger partial charge on any atom is -0.342 e. The number of rotatable bonds is 7. The van der Waals surface area contributed by atoms with Crippen molar-refractivity contribution in [3.8, 4) is 0 Å². The molecule has 0 heterocycles. The Morgan fingerprint density at radius 3 is 2.29 bits per heavy atom. The van der Waals surface area contributed by atoms with Crippen molar-refractivity contribution in [2.75, 3.05) is 19.6 Å². The van der Waals surface area contributed by atoms with Gasteiger partial charge in [0, 0.05) is 19.1 Å². The van der Waals surface area contributed by atoms with Gasteiger partial charge in [-0.15, -0.1) is 0 Å². The minimum absolute atomic E-state index is 0.00344. The highest BCUT2D eigenvalue weighted by Crippen LogP contribution is 2.33. The second-order valence-electron chi connectivity index (χ2n) is 6.99. The van der Waals surface area contributed by atoms with Crippen molar-refractivity contribution in [3.63, 3.8) is 0 Å². The third kappa shape index (κ3) is 5.47. The first kappa shape index (κ1) is 22.7. The molecule has 0 spiro atoms. The topological polar surface area (TPSA) is 66.5 Å². The van der Waals surface area contributed by atoms with Crippen LogP contribution < -0.4 is 5.32 Å². The van der Waals surface area contributed by atoms with Gasteiger partial charge in [0.15, 0.2) is 9.84 Å². The largest absolute Gasteiger partial charge is 0.416 e. The van der Waals surface area contributed by atoms with Crippen LogP contribution in [-0.2, 0) is 20.8 Å². The summed E-state index contributed by atoms with van der Waals surface area (Å²) in [5.74, 6) is 0.00344. The number of sulfone groups is 1. The molecule has 1 aliphatic rings. The van der Waals surface area contributed by atoms with Crippen LogP contribution in [0.15, 0.2) is 29.2 Å². The van der Waals surface area contributed by atoms with Crippen LogP contribution in [0.4, 0.5) is 13.2 Å². The van der Waals surface area contributed by atoms with E-state index in [1.807, 2.05) is 13.8 Å². The average molecular weight is 420 g/mol. The van der Waals surface area contributed by atoms with Crippen molar-refractivity contribution >= 4 is 15.7 Å². The number of nitrogens with one attached hydrogen (secondary N) is 1. The molecule has 1 saturated carbocycles. The summed E-state index contributed by atoms with van der Waals surface area (Å²) in [6.07, 6.45) is -2.74. The molecule has 1 fully saturated rings. The van der Waals surface area contributed by atoms with Gasteiger partial charge in [-0.2, -0.15) is 13.2 Å². The van der Waals surface area contributed by atoms with E-state index in [1.54, 1.807) is 4.90 Å². The van der Waals surface area contributed by atoms with Crippen molar-refractivity contribution in [1.29, 1.82) is 0 Å². The fourth-order valence-electron chi connectivity index (χ4n) is 3.54. The molecular weight excluding hydrogens is 393 g/mol. The predicted molar refractivity (Wildman–Crippen MR) is 101 cm³/mol. The SMILES string of the molecule is CCN(CC)C(=O)CN[C@H]1CC[C@@H](S(=O)(=O)c2cccc(C(F)(F)F)c2)CC1. The number of benzene rings is 1. The molecule has 158 valence electrons. The van der Waals surface area contributed by atoms with E-state index in [4.69, 9.17) is 0 Å². The molecule has 28 heavy (non-hydrogen) atoms. The van der Waals surface area contributed by atoms with Crippen LogP contribution in [-0.4, -0.2) is 50.2 Å². The van der Waals surface area contributed by atoms with Crippen LogP contribution >= 0.6 is 0 Å². The van der Waals surface area contributed by atoms with Gasteiger partial charge in [0.25, 0.3) is 0 Å². The summed E-state index contributed by atoms with van der Waals surface area (Å²) in [5, 5.41) is 2.48. The Bertz CT molecular complexity index is 769. The number of halogens is 3. The van der Waals surface area contributed by atoms with Crippen LogP contribution in [0.2, 0.25) is 0 Å². The van der Waals surface area contributed by atoms with Crippen molar-refractivity contribution in [2.45, 2.75) is 61.9 Å². The lowest BCUT2D eigenvalue weighted by Gasteiger charge is -2.29. The van der Waals surface area contributed by atoms with E-state index in [-0.39, 0.29) is 23.4 Å². The number of alkyl halides is 3. The summed E-state index contributed by atoms with van der Waals surface area (Å²) < 4.78 is 64.1. The predicted octanol–water partition coefficient (Wildman–Crippen LogP) is 3.25. The second-order valence-corrected chi connectivity index (χ2v) is 9.22. The maximum absolute atomic E-state index is 12.9.